The number of amides is 1. The van der Waals surface area contributed by atoms with Gasteiger partial charge in [0.1, 0.15) is 0 Å². The average molecular weight is 226 g/mol. The predicted octanol–water partition coefficient (Wildman–Crippen LogP) is 0.196. The Morgan fingerprint density at radius 2 is 2.38 bits per heavy atom. The number of nitrogens with zero attached hydrogens (tertiary/aromatic N) is 2. The SMILES string of the molecule is CC(C)COCc1c(C(=O)NN)cnn1C. The van der Waals surface area contributed by atoms with Crippen molar-refractivity contribution in [2.75, 3.05) is 6.61 Å². The van der Waals surface area contributed by atoms with Crippen molar-refractivity contribution in [3.8, 4) is 0 Å². The summed E-state index contributed by atoms with van der Waals surface area (Å²) in [6.07, 6.45) is 1.48. The number of hydrazine groups is 1. The summed E-state index contributed by atoms with van der Waals surface area (Å²) in [6, 6.07) is 0. The first-order chi connectivity index (χ1) is 7.56. The van der Waals surface area contributed by atoms with E-state index in [1.807, 2.05) is 0 Å². The summed E-state index contributed by atoms with van der Waals surface area (Å²) in [4.78, 5) is 11.4. The maximum Gasteiger partial charge on any atom is 0.268 e. The number of aromatic nitrogens is 2. The Morgan fingerprint density at radius 1 is 1.69 bits per heavy atom. The van der Waals surface area contributed by atoms with Gasteiger partial charge < -0.3 is 4.74 Å². The summed E-state index contributed by atoms with van der Waals surface area (Å²) in [6.45, 7) is 5.14. The highest BCUT2D eigenvalue weighted by molar-refractivity contribution is 5.94. The second-order valence-corrected chi connectivity index (χ2v) is 4.01. The minimum absolute atomic E-state index is 0.351. The first kappa shape index (κ1) is 12.7. The van der Waals surface area contributed by atoms with Crippen LogP contribution in [0, 0.1) is 5.92 Å². The van der Waals surface area contributed by atoms with E-state index in [4.69, 9.17) is 10.6 Å². The molecule has 0 fully saturated rings. The van der Waals surface area contributed by atoms with Gasteiger partial charge in [0.05, 0.1) is 24.1 Å². The lowest BCUT2D eigenvalue weighted by molar-refractivity contribution is 0.0879. The lowest BCUT2D eigenvalue weighted by atomic mass is 10.2. The Kier molecular flexibility index (Phi) is 4.45. The molecule has 0 aromatic carbocycles. The molecule has 90 valence electrons. The number of rotatable bonds is 5. The molecule has 0 unspecified atom stereocenters. The number of hydrogen-bond donors (Lipinski definition) is 2. The zero-order valence-electron chi connectivity index (χ0n) is 9.86. The van der Waals surface area contributed by atoms with E-state index in [9.17, 15) is 4.79 Å². The molecule has 0 atom stereocenters. The minimum Gasteiger partial charge on any atom is -0.375 e. The lowest BCUT2D eigenvalue weighted by Gasteiger charge is -2.08. The Bertz CT molecular complexity index is 360. The summed E-state index contributed by atoms with van der Waals surface area (Å²) < 4.78 is 7.09. The van der Waals surface area contributed by atoms with Gasteiger partial charge in [0, 0.05) is 13.7 Å². The van der Waals surface area contributed by atoms with Crippen molar-refractivity contribution in [1.82, 2.24) is 15.2 Å². The van der Waals surface area contributed by atoms with Crippen LogP contribution >= 0.6 is 0 Å². The van der Waals surface area contributed by atoms with E-state index in [1.54, 1.807) is 11.7 Å². The van der Waals surface area contributed by atoms with Crippen molar-refractivity contribution in [3.05, 3.63) is 17.5 Å². The third kappa shape index (κ3) is 3.04. The lowest BCUT2D eigenvalue weighted by Crippen LogP contribution is -2.30. The number of hydrogen-bond acceptors (Lipinski definition) is 4. The van der Waals surface area contributed by atoms with E-state index in [1.165, 1.54) is 6.20 Å². The van der Waals surface area contributed by atoms with Crippen LogP contribution in [0.4, 0.5) is 0 Å². The van der Waals surface area contributed by atoms with Gasteiger partial charge in [-0.05, 0) is 5.92 Å². The molecule has 1 amide bonds. The zero-order chi connectivity index (χ0) is 12.1. The van der Waals surface area contributed by atoms with E-state index in [-0.39, 0.29) is 5.91 Å². The van der Waals surface area contributed by atoms with Gasteiger partial charge in [0.15, 0.2) is 0 Å². The highest BCUT2D eigenvalue weighted by Crippen LogP contribution is 2.09. The number of aryl methyl sites for hydroxylation is 1. The number of carbonyl (C=O) groups excluding carboxylic acids is 1. The molecular formula is C10H18N4O2. The van der Waals surface area contributed by atoms with Gasteiger partial charge >= 0.3 is 0 Å². The van der Waals surface area contributed by atoms with Crippen LogP contribution in [0.1, 0.15) is 29.9 Å². The van der Waals surface area contributed by atoms with Gasteiger partial charge in [0.2, 0.25) is 0 Å². The van der Waals surface area contributed by atoms with E-state index in [0.29, 0.717) is 24.7 Å². The third-order valence-corrected chi connectivity index (χ3v) is 2.13. The number of carbonyl (C=O) groups is 1. The molecule has 1 aromatic rings. The summed E-state index contributed by atoms with van der Waals surface area (Å²) in [5, 5.41) is 4.00. The molecule has 0 bridgehead atoms. The smallest absolute Gasteiger partial charge is 0.268 e. The Morgan fingerprint density at radius 3 is 2.94 bits per heavy atom. The van der Waals surface area contributed by atoms with Gasteiger partial charge in [0.25, 0.3) is 5.91 Å². The molecule has 1 rings (SSSR count). The van der Waals surface area contributed by atoms with Crippen molar-refractivity contribution in [1.29, 1.82) is 0 Å². The minimum atomic E-state index is -0.351. The second kappa shape index (κ2) is 5.62. The molecule has 0 aliphatic heterocycles. The summed E-state index contributed by atoms with van der Waals surface area (Å²) >= 11 is 0. The number of nitrogens with two attached hydrogens (primary N) is 1. The number of nitrogen functional groups attached to an aromatic ring is 1. The standard InChI is InChI=1S/C10H18N4O2/c1-7(2)5-16-6-9-8(10(15)13-11)4-12-14(9)3/h4,7H,5-6,11H2,1-3H3,(H,13,15). The van der Waals surface area contributed by atoms with Crippen molar-refractivity contribution in [2.24, 2.45) is 18.8 Å². The zero-order valence-corrected chi connectivity index (χ0v) is 9.86. The quantitative estimate of drug-likeness (QED) is 0.427. The molecule has 0 spiro atoms. The molecule has 0 radical (unpaired) electrons. The largest absolute Gasteiger partial charge is 0.375 e. The van der Waals surface area contributed by atoms with Crippen LogP contribution in [-0.2, 0) is 18.4 Å². The molecular weight excluding hydrogens is 208 g/mol. The highest BCUT2D eigenvalue weighted by Gasteiger charge is 2.15. The van der Waals surface area contributed by atoms with Crippen molar-refractivity contribution >= 4 is 5.91 Å². The summed E-state index contributed by atoms with van der Waals surface area (Å²) in [7, 11) is 1.77. The first-order valence-electron chi connectivity index (χ1n) is 5.15. The maximum absolute atomic E-state index is 11.4. The van der Waals surface area contributed by atoms with E-state index in [0.717, 1.165) is 5.69 Å². The van der Waals surface area contributed by atoms with Crippen LogP contribution in [0.5, 0.6) is 0 Å². The monoisotopic (exact) mass is 226 g/mol. The van der Waals surface area contributed by atoms with Gasteiger partial charge in [-0.1, -0.05) is 13.8 Å². The number of nitrogens with one attached hydrogen (secondary N) is 1. The third-order valence-electron chi connectivity index (χ3n) is 2.13. The molecule has 0 saturated heterocycles. The Labute approximate surface area is 94.7 Å². The fourth-order valence-corrected chi connectivity index (χ4v) is 1.29. The molecule has 6 nitrogen and oxygen atoms in total. The van der Waals surface area contributed by atoms with Gasteiger partial charge in [-0.2, -0.15) is 5.10 Å². The Balaban J connectivity index is 2.70. The van der Waals surface area contributed by atoms with Crippen LogP contribution in [-0.4, -0.2) is 22.3 Å². The fraction of sp³-hybridized carbons (Fsp3) is 0.600. The van der Waals surface area contributed by atoms with E-state index < -0.39 is 0 Å². The van der Waals surface area contributed by atoms with Gasteiger partial charge in [-0.3, -0.25) is 14.9 Å². The average Bonchev–Trinajstić information content (AvgIpc) is 2.59. The van der Waals surface area contributed by atoms with Gasteiger partial charge in [-0.15, -0.1) is 0 Å². The topological polar surface area (TPSA) is 82.2 Å². The fourth-order valence-electron chi connectivity index (χ4n) is 1.29. The molecule has 3 N–H and O–H groups in total. The van der Waals surface area contributed by atoms with Crippen LogP contribution in [0.15, 0.2) is 6.20 Å². The van der Waals surface area contributed by atoms with Crippen LogP contribution < -0.4 is 11.3 Å². The predicted molar refractivity (Wildman–Crippen MR) is 59.4 cm³/mol. The van der Waals surface area contributed by atoms with Crippen molar-refractivity contribution in [2.45, 2.75) is 20.5 Å². The number of ether oxygens (including phenoxy) is 1. The highest BCUT2D eigenvalue weighted by atomic mass is 16.5. The molecule has 6 heteroatoms. The van der Waals surface area contributed by atoms with E-state index in [2.05, 4.69) is 24.4 Å². The molecule has 1 aromatic heterocycles. The Hall–Kier alpha value is -1.40. The van der Waals surface area contributed by atoms with Crippen LogP contribution in [0.3, 0.4) is 0 Å². The van der Waals surface area contributed by atoms with E-state index >= 15 is 0 Å². The molecule has 0 aliphatic carbocycles. The molecule has 0 aliphatic rings. The molecule has 1 heterocycles. The summed E-state index contributed by atoms with van der Waals surface area (Å²) in [5.41, 5.74) is 3.26. The normalized spacial score (nSPS) is 10.8. The maximum atomic E-state index is 11.4. The molecule has 16 heavy (non-hydrogen) atoms. The van der Waals surface area contributed by atoms with Crippen LogP contribution in [0.2, 0.25) is 0 Å². The summed E-state index contributed by atoms with van der Waals surface area (Å²) in [5.74, 6) is 5.19. The van der Waals surface area contributed by atoms with Crippen molar-refractivity contribution < 1.29 is 9.53 Å². The van der Waals surface area contributed by atoms with Gasteiger partial charge in [-0.25, -0.2) is 5.84 Å². The molecule has 0 saturated carbocycles. The first-order valence-corrected chi connectivity index (χ1v) is 5.15. The van der Waals surface area contributed by atoms with Crippen LogP contribution in [0.25, 0.3) is 0 Å². The second-order valence-electron chi connectivity index (χ2n) is 4.01. The van der Waals surface area contributed by atoms with Crippen molar-refractivity contribution in [3.63, 3.8) is 0 Å².